The molecule has 0 aromatic carbocycles. The van der Waals surface area contributed by atoms with Gasteiger partial charge in [-0.1, -0.05) is 23.9 Å². The molecule has 0 aliphatic heterocycles. The van der Waals surface area contributed by atoms with Crippen LogP contribution in [0.1, 0.15) is 34.5 Å². The fraction of sp³-hybridized carbons (Fsp3) is 0.368. The SMILES string of the molecule is C#Cc1cc(C(=O)Nc2cc(F)c(=O)n(CC(F)F)c2)sc1Cl.OCC1CCC1. The van der Waals surface area contributed by atoms with E-state index in [2.05, 4.69) is 11.2 Å². The second kappa shape index (κ2) is 10.5. The second-order valence-electron chi connectivity index (χ2n) is 6.30. The standard InChI is InChI=1S/C14H8ClF3N2O2S.C5H10O/c1-2-7-3-10(23-12(7)15)13(21)19-8-4-9(16)14(22)20(5-8)6-11(17)18;6-4-5-2-1-3-5/h1,3-5,11H,6H2,(H,19,21);5-6H,1-4H2. The number of thiophene rings is 1. The molecular formula is C19H18ClF3N2O3S. The molecule has 29 heavy (non-hydrogen) atoms. The largest absolute Gasteiger partial charge is 0.396 e. The molecule has 1 amide bonds. The molecule has 156 valence electrons. The maximum atomic E-state index is 13.5. The molecule has 10 heteroatoms. The molecule has 0 spiro atoms. The minimum Gasteiger partial charge on any atom is -0.396 e. The van der Waals surface area contributed by atoms with Crippen LogP contribution in [0.25, 0.3) is 0 Å². The maximum Gasteiger partial charge on any atom is 0.286 e. The van der Waals surface area contributed by atoms with E-state index in [1.807, 2.05) is 0 Å². The van der Waals surface area contributed by atoms with E-state index in [0.717, 1.165) is 23.6 Å². The lowest BCUT2D eigenvalue weighted by Crippen LogP contribution is -2.26. The molecule has 2 aromatic heterocycles. The predicted molar refractivity (Wildman–Crippen MR) is 106 cm³/mol. The molecule has 1 saturated carbocycles. The van der Waals surface area contributed by atoms with Crippen molar-refractivity contribution in [2.24, 2.45) is 5.92 Å². The Morgan fingerprint density at radius 3 is 2.59 bits per heavy atom. The summed E-state index contributed by atoms with van der Waals surface area (Å²) in [5.41, 5.74) is -1.01. The number of aromatic nitrogens is 1. The quantitative estimate of drug-likeness (QED) is 0.682. The van der Waals surface area contributed by atoms with Crippen molar-refractivity contribution in [3.05, 3.63) is 49.3 Å². The Morgan fingerprint density at radius 1 is 1.45 bits per heavy atom. The average molecular weight is 447 g/mol. The fourth-order valence-corrected chi connectivity index (χ4v) is 3.50. The van der Waals surface area contributed by atoms with Gasteiger partial charge in [-0.2, -0.15) is 0 Å². The number of hydrogen-bond donors (Lipinski definition) is 2. The number of rotatable bonds is 5. The van der Waals surface area contributed by atoms with Crippen molar-refractivity contribution in [3.63, 3.8) is 0 Å². The molecule has 1 aliphatic carbocycles. The van der Waals surface area contributed by atoms with Crippen molar-refractivity contribution in [1.82, 2.24) is 4.57 Å². The van der Waals surface area contributed by atoms with E-state index in [0.29, 0.717) is 22.7 Å². The topological polar surface area (TPSA) is 71.3 Å². The lowest BCUT2D eigenvalue weighted by Gasteiger charge is -2.21. The van der Waals surface area contributed by atoms with Gasteiger partial charge in [-0.15, -0.1) is 17.8 Å². The number of nitrogens with one attached hydrogen (secondary N) is 1. The first-order valence-corrected chi connectivity index (χ1v) is 9.80. The molecule has 2 N–H and O–H groups in total. The highest BCUT2D eigenvalue weighted by molar-refractivity contribution is 7.18. The zero-order valence-electron chi connectivity index (χ0n) is 15.1. The Kier molecular flexibility index (Phi) is 8.32. The summed E-state index contributed by atoms with van der Waals surface area (Å²) in [6.45, 7) is -0.564. The molecule has 0 unspecified atom stereocenters. The van der Waals surface area contributed by atoms with Crippen LogP contribution in [-0.4, -0.2) is 28.6 Å². The summed E-state index contributed by atoms with van der Waals surface area (Å²) < 4.78 is 39.0. The molecule has 0 bridgehead atoms. The van der Waals surface area contributed by atoms with E-state index in [1.54, 1.807) is 0 Å². The minimum absolute atomic E-state index is 0.139. The monoisotopic (exact) mass is 446 g/mol. The number of alkyl halides is 2. The number of aliphatic hydroxyl groups excluding tert-OH is 1. The number of anilines is 1. The van der Waals surface area contributed by atoms with Gasteiger partial charge in [0.1, 0.15) is 4.34 Å². The first-order valence-electron chi connectivity index (χ1n) is 8.61. The molecule has 0 atom stereocenters. The Labute approximate surface area is 174 Å². The highest BCUT2D eigenvalue weighted by Crippen LogP contribution is 2.27. The maximum absolute atomic E-state index is 13.5. The summed E-state index contributed by atoms with van der Waals surface area (Å²) in [7, 11) is 0. The number of carbonyl (C=O) groups is 1. The molecule has 2 aromatic rings. The van der Waals surface area contributed by atoms with E-state index in [9.17, 15) is 22.8 Å². The van der Waals surface area contributed by atoms with E-state index in [-0.39, 0.29) is 14.9 Å². The number of nitrogens with zero attached hydrogens (tertiary/aromatic N) is 1. The third-order valence-electron chi connectivity index (χ3n) is 4.18. The van der Waals surface area contributed by atoms with Crippen LogP contribution >= 0.6 is 22.9 Å². The second-order valence-corrected chi connectivity index (χ2v) is 7.96. The molecule has 2 heterocycles. The summed E-state index contributed by atoms with van der Waals surface area (Å²) in [5.74, 6) is 1.06. The van der Waals surface area contributed by atoms with Crippen molar-refractivity contribution < 1.29 is 23.1 Å². The number of halogens is 4. The summed E-state index contributed by atoms with van der Waals surface area (Å²) >= 11 is 6.74. The number of amides is 1. The lowest BCUT2D eigenvalue weighted by atomic mass is 9.86. The van der Waals surface area contributed by atoms with Gasteiger partial charge in [-0.3, -0.25) is 9.59 Å². The van der Waals surface area contributed by atoms with Crippen molar-refractivity contribution in [3.8, 4) is 12.3 Å². The molecule has 3 rings (SSSR count). The van der Waals surface area contributed by atoms with Gasteiger partial charge in [0, 0.05) is 18.9 Å². The Morgan fingerprint density at radius 2 is 2.14 bits per heavy atom. The molecule has 1 fully saturated rings. The van der Waals surface area contributed by atoms with Gasteiger partial charge in [-0.05, 0) is 24.8 Å². The van der Waals surface area contributed by atoms with Crippen LogP contribution in [0.2, 0.25) is 4.34 Å². The molecule has 0 saturated heterocycles. The van der Waals surface area contributed by atoms with Gasteiger partial charge in [-0.25, -0.2) is 13.2 Å². The highest BCUT2D eigenvalue weighted by Gasteiger charge is 2.16. The third-order valence-corrected chi connectivity index (χ3v) is 5.54. The zero-order chi connectivity index (χ0) is 21.6. The number of aliphatic hydroxyl groups is 1. The van der Waals surface area contributed by atoms with Gasteiger partial charge in [0.15, 0.2) is 5.82 Å². The van der Waals surface area contributed by atoms with Crippen LogP contribution in [-0.2, 0) is 6.54 Å². The van der Waals surface area contributed by atoms with E-state index in [4.69, 9.17) is 23.1 Å². The van der Waals surface area contributed by atoms with Crippen LogP contribution in [0.4, 0.5) is 18.9 Å². The molecule has 1 aliphatic rings. The third kappa shape index (κ3) is 6.35. The number of pyridine rings is 1. The van der Waals surface area contributed by atoms with Gasteiger partial charge < -0.3 is 15.0 Å². The van der Waals surface area contributed by atoms with Gasteiger partial charge in [0.25, 0.3) is 17.9 Å². The fourth-order valence-electron chi connectivity index (χ4n) is 2.40. The normalized spacial score (nSPS) is 13.3. The van der Waals surface area contributed by atoms with Crippen molar-refractivity contribution in [2.45, 2.75) is 32.2 Å². The highest BCUT2D eigenvalue weighted by atomic mass is 35.5. The van der Waals surface area contributed by atoms with Crippen LogP contribution in [0.3, 0.4) is 0 Å². The summed E-state index contributed by atoms with van der Waals surface area (Å²) in [4.78, 5) is 23.6. The lowest BCUT2D eigenvalue weighted by molar-refractivity contribution is 0.103. The van der Waals surface area contributed by atoms with Crippen LogP contribution in [0, 0.1) is 24.1 Å². The van der Waals surface area contributed by atoms with E-state index >= 15 is 0 Å². The summed E-state index contributed by atoms with van der Waals surface area (Å²) in [5, 5.41) is 10.7. The molecule has 5 nitrogen and oxygen atoms in total. The first-order chi connectivity index (χ1) is 13.7. The van der Waals surface area contributed by atoms with Gasteiger partial charge in [0.05, 0.1) is 22.7 Å². The van der Waals surface area contributed by atoms with Gasteiger partial charge in [0.2, 0.25) is 0 Å². The van der Waals surface area contributed by atoms with Crippen LogP contribution in [0.5, 0.6) is 0 Å². The summed E-state index contributed by atoms with van der Waals surface area (Å²) in [6.07, 6.45) is 7.16. The average Bonchev–Trinajstić information content (AvgIpc) is 2.99. The minimum atomic E-state index is -2.84. The van der Waals surface area contributed by atoms with E-state index < -0.39 is 30.3 Å². The number of hydrogen-bond acceptors (Lipinski definition) is 4. The number of carbonyl (C=O) groups excluding carboxylic acids is 1. The van der Waals surface area contributed by atoms with E-state index in [1.165, 1.54) is 25.3 Å². The predicted octanol–water partition coefficient (Wildman–Crippen LogP) is 3.98. The molecular weight excluding hydrogens is 429 g/mol. The van der Waals surface area contributed by atoms with Crippen molar-refractivity contribution in [1.29, 1.82) is 0 Å². The van der Waals surface area contributed by atoms with Crippen LogP contribution in [0.15, 0.2) is 23.1 Å². The Hall–Kier alpha value is -2.28. The van der Waals surface area contributed by atoms with Gasteiger partial charge >= 0.3 is 0 Å². The Bertz CT molecular complexity index is 962. The smallest absolute Gasteiger partial charge is 0.286 e. The zero-order valence-corrected chi connectivity index (χ0v) is 16.7. The van der Waals surface area contributed by atoms with Crippen molar-refractivity contribution >= 4 is 34.5 Å². The van der Waals surface area contributed by atoms with Crippen LogP contribution < -0.4 is 10.9 Å². The Balaban J connectivity index is 0.000000426. The molecule has 0 radical (unpaired) electrons. The summed E-state index contributed by atoms with van der Waals surface area (Å²) in [6, 6.07) is 2.12. The van der Waals surface area contributed by atoms with Crippen molar-refractivity contribution in [2.75, 3.05) is 11.9 Å². The first kappa shape index (κ1) is 23.0. The number of terminal acetylenes is 1.